The van der Waals surface area contributed by atoms with Crippen LogP contribution in [-0.4, -0.2) is 15.2 Å². The largest absolute Gasteiger partial charge is 0.308 e. The monoisotopic (exact) mass is 282 g/mol. The molecule has 1 aromatic heterocycles. The van der Waals surface area contributed by atoms with Gasteiger partial charge in [0.2, 0.25) is 0 Å². The molecule has 0 saturated carbocycles. The third kappa shape index (κ3) is 4.08. The number of hydrazine groups is 1. The summed E-state index contributed by atoms with van der Waals surface area (Å²) < 4.78 is 0. The van der Waals surface area contributed by atoms with Gasteiger partial charge in [0.15, 0.2) is 0 Å². The summed E-state index contributed by atoms with van der Waals surface area (Å²) in [6.45, 7) is 15.0. The third-order valence-electron chi connectivity index (χ3n) is 3.15. The Balaban J connectivity index is 3.22. The van der Waals surface area contributed by atoms with E-state index in [-0.39, 0.29) is 5.41 Å². The Kier molecular flexibility index (Phi) is 5.21. The number of hydrogen-bond acceptors (Lipinski definition) is 5. The van der Waals surface area contributed by atoms with E-state index < -0.39 is 0 Å². The molecular formula is C14H26N4S. The molecule has 0 aliphatic rings. The van der Waals surface area contributed by atoms with Crippen LogP contribution < -0.4 is 11.3 Å². The molecule has 4 nitrogen and oxygen atoms in total. The zero-order valence-corrected chi connectivity index (χ0v) is 13.9. The highest BCUT2D eigenvalue weighted by Gasteiger charge is 2.22. The molecule has 0 spiro atoms. The van der Waals surface area contributed by atoms with Crippen LogP contribution in [0.4, 0.5) is 5.82 Å². The summed E-state index contributed by atoms with van der Waals surface area (Å²) in [5, 5.41) is 1.53. The van der Waals surface area contributed by atoms with Crippen molar-refractivity contribution in [2.24, 2.45) is 11.8 Å². The average molecular weight is 282 g/mol. The van der Waals surface area contributed by atoms with E-state index in [4.69, 9.17) is 10.8 Å². The molecule has 0 aliphatic heterocycles. The number of nitrogens with zero attached hydrogens (tertiary/aromatic N) is 2. The molecule has 1 unspecified atom stereocenters. The van der Waals surface area contributed by atoms with Crippen molar-refractivity contribution < 1.29 is 0 Å². The van der Waals surface area contributed by atoms with Crippen LogP contribution in [0.1, 0.15) is 52.9 Å². The molecule has 0 radical (unpaired) electrons. The average Bonchev–Trinajstić information content (AvgIpc) is 2.29. The minimum atomic E-state index is -0.0876. The van der Waals surface area contributed by atoms with E-state index in [0.717, 1.165) is 22.2 Å². The first kappa shape index (κ1) is 16.2. The van der Waals surface area contributed by atoms with Crippen LogP contribution in [0.2, 0.25) is 0 Å². The van der Waals surface area contributed by atoms with E-state index in [1.54, 1.807) is 11.8 Å². The van der Waals surface area contributed by atoms with Crippen molar-refractivity contribution in [3.8, 4) is 0 Å². The molecule has 0 saturated heterocycles. The van der Waals surface area contributed by atoms with E-state index >= 15 is 0 Å². The van der Waals surface area contributed by atoms with Gasteiger partial charge in [-0.25, -0.2) is 15.8 Å². The molecule has 1 aromatic rings. The Labute approximate surface area is 121 Å². The van der Waals surface area contributed by atoms with Gasteiger partial charge in [-0.3, -0.25) is 0 Å². The van der Waals surface area contributed by atoms with E-state index in [1.165, 1.54) is 0 Å². The molecule has 0 aromatic carbocycles. The highest BCUT2D eigenvalue weighted by molar-refractivity contribution is 7.99. The van der Waals surface area contributed by atoms with Crippen molar-refractivity contribution in [3.63, 3.8) is 0 Å². The quantitative estimate of drug-likeness (QED) is 0.383. The summed E-state index contributed by atoms with van der Waals surface area (Å²) in [5.74, 6) is 7.72. The van der Waals surface area contributed by atoms with Gasteiger partial charge in [-0.05, 0) is 12.8 Å². The Bertz CT molecular complexity index is 438. The number of nitrogens with one attached hydrogen (secondary N) is 1. The van der Waals surface area contributed by atoms with Gasteiger partial charge in [0.1, 0.15) is 16.7 Å². The first-order valence-corrected chi connectivity index (χ1v) is 7.57. The smallest absolute Gasteiger partial charge is 0.147 e. The minimum absolute atomic E-state index is 0.0876. The first-order valence-electron chi connectivity index (χ1n) is 6.69. The fourth-order valence-electron chi connectivity index (χ4n) is 1.40. The SMILES string of the molecule is Cc1c(NN)nc(C(C)(C)C)nc1SC(C)C(C)C. The van der Waals surface area contributed by atoms with Crippen molar-refractivity contribution in [2.45, 2.75) is 64.2 Å². The molecule has 0 fully saturated rings. The van der Waals surface area contributed by atoms with Crippen LogP contribution in [0.3, 0.4) is 0 Å². The fraction of sp³-hybridized carbons (Fsp3) is 0.714. The van der Waals surface area contributed by atoms with Gasteiger partial charge in [-0.1, -0.05) is 41.5 Å². The van der Waals surface area contributed by atoms with Crippen LogP contribution >= 0.6 is 11.8 Å². The van der Waals surface area contributed by atoms with Gasteiger partial charge in [-0.2, -0.15) is 0 Å². The zero-order valence-electron chi connectivity index (χ0n) is 13.0. The standard InChI is InChI=1S/C14H26N4S/c1-8(2)10(4)19-12-9(3)11(18-15)16-13(17-12)14(5,6)7/h8,10H,15H2,1-7H3,(H,16,17,18). The fourth-order valence-corrected chi connectivity index (χ4v) is 2.44. The summed E-state index contributed by atoms with van der Waals surface area (Å²) >= 11 is 1.79. The lowest BCUT2D eigenvalue weighted by Crippen LogP contribution is -2.21. The molecule has 0 amide bonds. The minimum Gasteiger partial charge on any atom is -0.308 e. The molecule has 3 N–H and O–H groups in total. The lowest BCUT2D eigenvalue weighted by Gasteiger charge is -2.22. The first-order chi connectivity index (χ1) is 8.66. The van der Waals surface area contributed by atoms with Crippen LogP contribution in [0, 0.1) is 12.8 Å². The molecule has 19 heavy (non-hydrogen) atoms. The second kappa shape index (κ2) is 6.09. The summed E-state index contributed by atoms with van der Waals surface area (Å²) in [7, 11) is 0. The number of nitrogen functional groups attached to an aromatic ring is 1. The van der Waals surface area contributed by atoms with Crippen LogP contribution in [-0.2, 0) is 5.41 Å². The number of hydrogen-bond donors (Lipinski definition) is 2. The van der Waals surface area contributed by atoms with E-state index in [2.05, 4.69) is 52.0 Å². The predicted octanol–water partition coefficient (Wildman–Crippen LogP) is 3.50. The normalized spacial score (nSPS) is 13.7. The summed E-state index contributed by atoms with van der Waals surface area (Å²) in [6.07, 6.45) is 0. The molecular weight excluding hydrogens is 256 g/mol. The number of nitrogens with two attached hydrogens (primary N) is 1. The highest BCUT2D eigenvalue weighted by Crippen LogP contribution is 2.33. The molecule has 5 heteroatoms. The Morgan fingerprint density at radius 2 is 1.74 bits per heavy atom. The number of rotatable bonds is 4. The van der Waals surface area contributed by atoms with Gasteiger partial charge in [0.25, 0.3) is 0 Å². The van der Waals surface area contributed by atoms with Crippen molar-refractivity contribution in [1.82, 2.24) is 9.97 Å². The predicted molar refractivity (Wildman–Crippen MR) is 83.4 cm³/mol. The maximum atomic E-state index is 5.57. The Morgan fingerprint density at radius 3 is 2.16 bits per heavy atom. The Morgan fingerprint density at radius 1 is 1.16 bits per heavy atom. The maximum Gasteiger partial charge on any atom is 0.147 e. The molecule has 108 valence electrons. The second-order valence-electron chi connectivity index (χ2n) is 6.29. The van der Waals surface area contributed by atoms with Crippen molar-refractivity contribution in [2.75, 3.05) is 5.43 Å². The Hall–Kier alpha value is -0.810. The van der Waals surface area contributed by atoms with Gasteiger partial charge in [-0.15, -0.1) is 11.8 Å². The number of aromatic nitrogens is 2. The molecule has 1 rings (SSSR count). The van der Waals surface area contributed by atoms with Gasteiger partial charge < -0.3 is 5.43 Å². The van der Waals surface area contributed by atoms with Crippen LogP contribution in [0.25, 0.3) is 0 Å². The van der Waals surface area contributed by atoms with Gasteiger partial charge >= 0.3 is 0 Å². The number of anilines is 1. The van der Waals surface area contributed by atoms with Crippen molar-refractivity contribution in [3.05, 3.63) is 11.4 Å². The van der Waals surface area contributed by atoms with Gasteiger partial charge in [0.05, 0.1) is 0 Å². The lowest BCUT2D eigenvalue weighted by atomic mass is 9.95. The zero-order chi connectivity index (χ0) is 14.8. The van der Waals surface area contributed by atoms with E-state index in [0.29, 0.717) is 11.2 Å². The summed E-state index contributed by atoms with van der Waals surface area (Å²) in [4.78, 5) is 9.25. The molecule has 0 aliphatic carbocycles. The topological polar surface area (TPSA) is 63.8 Å². The molecule has 0 bridgehead atoms. The highest BCUT2D eigenvalue weighted by atomic mass is 32.2. The summed E-state index contributed by atoms with van der Waals surface area (Å²) in [5.41, 5.74) is 3.62. The van der Waals surface area contributed by atoms with Crippen molar-refractivity contribution in [1.29, 1.82) is 0 Å². The third-order valence-corrected chi connectivity index (χ3v) is 4.68. The summed E-state index contributed by atoms with van der Waals surface area (Å²) in [6, 6.07) is 0. The molecule has 1 heterocycles. The maximum absolute atomic E-state index is 5.57. The van der Waals surface area contributed by atoms with Crippen molar-refractivity contribution >= 4 is 17.6 Å². The van der Waals surface area contributed by atoms with Crippen LogP contribution in [0.15, 0.2) is 5.03 Å². The molecule has 1 atom stereocenters. The van der Waals surface area contributed by atoms with E-state index in [1.807, 2.05) is 6.92 Å². The van der Waals surface area contributed by atoms with Crippen LogP contribution in [0.5, 0.6) is 0 Å². The van der Waals surface area contributed by atoms with E-state index in [9.17, 15) is 0 Å². The van der Waals surface area contributed by atoms with Gasteiger partial charge in [0, 0.05) is 16.2 Å². The number of thioether (sulfide) groups is 1. The second-order valence-corrected chi connectivity index (χ2v) is 7.65. The lowest BCUT2D eigenvalue weighted by molar-refractivity contribution is 0.537.